The summed E-state index contributed by atoms with van der Waals surface area (Å²) in [6, 6.07) is 13.2. The Morgan fingerprint density at radius 3 is 2.45 bits per heavy atom. The van der Waals surface area contributed by atoms with Gasteiger partial charge in [0.1, 0.15) is 5.75 Å². The topological polar surface area (TPSA) is 111 Å². The third-order valence-corrected chi connectivity index (χ3v) is 7.07. The fourth-order valence-corrected chi connectivity index (χ4v) is 5.46. The number of rotatable bonds is 6. The molecule has 0 radical (unpaired) electrons. The average molecular weight is 438 g/mol. The van der Waals surface area contributed by atoms with Crippen LogP contribution in [0.1, 0.15) is 28.8 Å². The predicted molar refractivity (Wildman–Crippen MR) is 112 cm³/mol. The van der Waals surface area contributed by atoms with Crippen LogP contribution < -0.4 is 20.5 Å². The Hall–Kier alpha value is -2.13. The zero-order chi connectivity index (χ0) is 21.1. The van der Waals surface area contributed by atoms with E-state index in [1.54, 1.807) is 42.5 Å². The third-order valence-electron chi connectivity index (χ3n) is 5.27. The van der Waals surface area contributed by atoms with Crippen molar-refractivity contribution in [2.75, 3.05) is 20.2 Å². The molecule has 4 N–H and O–H groups in total. The normalized spacial score (nSPS) is 17.3. The van der Waals surface area contributed by atoms with Crippen molar-refractivity contribution in [3.05, 3.63) is 64.7 Å². The minimum absolute atomic E-state index is 0.137. The fourth-order valence-electron chi connectivity index (χ4n) is 3.89. The van der Waals surface area contributed by atoms with E-state index < -0.39 is 26.7 Å². The summed E-state index contributed by atoms with van der Waals surface area (Å²) in [7, 11) is -2.82. The number of ether oxygens (including phenoxy) is 1. The Labute approximate surface area is 175 Å². The number of hydrogen-bond acceptors (Lipinski definition) is 5. The molecule has 1 aliphatic heterocycles. The predicted octanol–water partition coefficient (Wildman–Crippen LogP) is 2.22. The van der Waals surface area contributed by atoms with Gasteiger partial charge in [-0.3, -0.25) is 4.79 Å². The Morgan fingerprint density at radius 1 is 1.21 bits per heavy atom. The zero-order valence-corrected chi connectivity index (χ0v) is 17.6. The summed E-state index contributed by atoms with van der Waals surface area (Å²) in [5, 5.41) is 12.1. The maximum Gasteiger partial charge on any atom is 0.256 e. The van der Waals surface area contributed by atoms with Crippen LogP contribution in [0.25, 0.3) is 0 Å². The van der Waals surface area contributed by atoms with E-state index in [0.29, 0.717) is 36.5 Å². The van der Waals surface area contributed by atoms with Gasteiger partial charge in [0.05, 0.1) is 12.7 Å². The molecule has 29 heavy (non-hydrogen) atoms. The first-order valence-electron chi connectivity index (χ1n) is 9.24. The Morgan fingerprint density at radius 2 is 1.86 bits per heavy atom. The van der Waals surface area contributed by atoms with Crippen LogP contribution in [0, 0.1) is 5.92 Å². The Bertz CT molecular complexity index is 978. The van der Waals surface area contributed by atoms with Crippen LogP contribution in [-0.4, -0.2) is 34.5 Å². The summed E-state index contributed by atoms with van der Waals surface area (Å²) in [6.07, 6.45) is 1.08. The van der Waals surface area contributed by atoms with E-state index in [9.17, 15) is 13.2 Å². The fraction of sp³-hybridized carbons (Fsp3) is 0.350. The number of carbonyl (C=O) groups is 1. The van der Waals surface area contributed by atoms with Crippen LogP contribution in [0.4, 0.5) is 0 Å². The number of halogens is 1. The van der Waals surface area contributed by atoms with E-state index in [4.69, 9.17) is 21.5 Å². The number of piperidine rings is 1. The van der Waals surface area contributed by atoms with E-state index >= 15 is 0 Å². The van der Waals surface area contributed by atoms with Gasteiger partial charge in [0.2, 0.25) is 10.0 Å². The van der Waals surface area contributed by atoms with Crippen molar-refractivity contribution in [1.82, 2.24) is 10.6 Å². The second-order valence-corrected chi connectivity index (χ2v) is 9.14. The molecule has 3 rings (SSSR count). The summed E-state index contributed by atoms with van der Waals surface area (Å²) in [5.41, 5.74) is 0.557. The molecule has 0 aromatic heterocycles. The van der Waals surface area contributed by atoms with Gasteiger partial charge in [-0.1, -0.05) is 41.9 Å². The van der Waals surface area contributed by atoms with E-state index in [0.717, 1.165) is 0 Å². The molecule has 2 aromatic carbocycles. The molecule has 1 saturated heterocycles. The van der Waals surface area contributed by atoms with Crippen molar-refractivity contribution in [2.24, 2.45) is 11.1 Å². The molecule has 1 unspecified atom stereocenters. The molecule has 1 amide bonds. The molecule has 1 fully saturated rings. The Kier molecular flexibility index (Phi) is 6.48. The second-order valence-electron chi connectivity index (χ2n) is 6.97. The highest BCUT2D eigenvalue weighted by Crippen LogP contribution is 2.39. The lowest BCUT2D eigenvalue weighted by molar-refractivity contribution is 0.0887. The highest BCUT2D eigenvalue weighted by Gasteiger charge is 2.51. The summed E-state index contributed by atoms with van der Waals surface area (Å²) in [6.45, 7) is 1.26. The summed E-state index contributed by atoms with van der Waals surface area (Å²) in [5.74, 6) is -0.746. The largest absolute Gasteiger partial charge is 0.496 e. The smallest absolute Gasteiger partial charge is 0.256 e. The maximum absolute atomic E-state index is 13.3. The van der Waals surface area contributed by atoms with Crippen molar-refractivity contribution in [2.45, 2.75) is 17.7 Å². The number of sulfonamides is 1. The maximum atomic E-state index is 13.3. The van der Waals surface area contributed by atoms with Crippen molar-refractivity contribution in [3.63, 3.8) is 0 Å². The lowest BCUT2D eigenvalue weighted by atomic mass is 9.85. The van der Waals surface area contributed by atoms with Crippen molar-refractivity contribution >= 4 is 27.5 Å². The zero-order valence-electron chi connectivity index (χ0n) is 16.0. The van der Waals surface area contributed by atoms with E-state index in [1.807, 2.05) is 0 Å². The monoisotopic (exact) mass is 437 g/mol. The number of carbonyl (C=O) groups excluding carboxylic acids is 1. The van der Waals surface area contributed by atoms with E-state index in [2.05, 4.69) is 10.6 Å². The number of methoxy groups -OCH3 is 1. The van der Waals surface area contributed by atoms with E-state index in [1.165, 1.54) is 13.2 Å². The van der Waals surface area contributed by atoms with Gasteiger partial charge in [0.25, 0.3) is 5.91 Å². The summed E-state index contributed by atoms with van der Waals surface area (Å²) in [4.78, 5) is 11.5. The first-order chi connectivity index (χ1) is 13.8. The SMILES string of the molecule is COc1ccc(Cl)cc1C(=O)NC(c1ccccc1)(C1CCNCC1)S(N)(=O)=O. The first-order valence-corrected chi connectivity index (χ1v) is 11.2. The van der Waals surface area contributed by atoms with Gasteiger partial charge >= 0.3 is 0 Å². The lowest BCUT2D eigenvalue weighted by Crippen LogP contribution is -2.60. The molecule has 156 valence electrons. The molecule has 1 aliphatic rings. The molecule has 1 atom stereocenters. The number of nitrogens with one attached hydrogen (secondary N) is 2. The molecule has 1 heterocycles. The van der Waals surface area contributed by atoms with Gasteiger partial charge in [0.15, 0.2) is 4.87 Å². The molecule has 0 bridgehead atoms. The van der Waals surface area contributed by atoms with Crippen LogP contribution >= 0.6 is 11.6 Å². The number of hydrogen-bond donors (Lipinski definition) is 3. The minimum Gasteiger partial charge on any atom is -0.496 e. The molecule has 0 saturated carbocycles. The van der Waals surface area contributed by atoms with Crippen molar-refractivity contribution in [1.29, 1.82) is 0 Å². The molecular formula is C20H24ClN3O4S. The van der Waals surface area contributed by atoms with Crippen LogP contribution in [0.2, 0.25) is 5.02 Å². The van der Waals surface area contributed by atoms with Gasteiger partial charge in [-0.2, -0.15) is 0 Å². The Balaban J connectivity index is 2.15. The first kappa shape index (κ1) is 21.6. The molecule has 0 spiro atoms. The quantitative estimate of drug-likeness (QED) is 0.641. The lowest BCUT2D eigenvalue weighted by Gasteiger charge is -2.41. The molecule has 0 aliphatic carbocycles. The highest BCUT2D eigenvalue weighted by atomic mass is 35.5. The highest BCUT2D eigenvalue weighted by molar-refractivity contribution is 7.90. The molecule has 7 nitrogen and oxygen atoms in total. The summed E-state index contributed by atoms with van der Waals surface area (Å²) < 4.78 is 31.3. The van der Waals surface area contributed by atoms with Gasteiger partial charge in [0, 0.05) is 10.9 Å². The van der Waals surface area contributed by atoms with Gasteiger partial charge in [-0.05, 0) is 49.7 Å². The standard InChI is InChI=1S/C20H24ClN3O4S/c1-28-18-8-7-16(21)13-17(18)19(25)24-20(29(22,26)27,14-5-3-2-4-6-14)15-9-11-23-12-10-15/h2-8,13,15,23H,9-12H2,1H3,(H,24,25)(H2,22,26,27). The number of nitrogens with two attached hydrogens (primary N) is 1. The second kappa shape index (κ2) is 8.71. The molecule has 2 aromatic rings. The summed E-state index contributed by atoms with van der Waals surface area (Å²) >= 11 is 6.06. The number of amides is 1. The van der Waals surface area contributed by atoms with Crippen molar-refractivity contribution in [3.8, 4) is 5.75 Å². The number of primary sulfonamides is 1. The average Bonchev–Trinajstić information content (AvgIpc) is 2.72. The number of benzene rings is 2. The minimum atomic E-state index is -4.25. The van der Waals surface area contributed by atoms with Gasteiger partial charge < -0.3 is 15.4 Å². The van der Waals surface area contributed by atoms with E-state index in [-0.39, 0.29) is 11.3 Å². The van der Waals surface area contributed by atoms with Gasteiger partial charge in [-0.25, -0.2) is 13.6 Å². The third kappa shape index (κ3) is 4.25. The molecule has 9 heteroatoms. The molecular weight excluding hydrogens is 414 g/mol. The van der Waals surface area contributed by atoms with Crippen molar-refractivity contribution < 1.29 is 17.9 Å². The van der Waals surface area contributed by atoms with Crippen LogP contribution in [0.15, 0.2) is 48.5 Å². The van der Waals surface area contributed by atoms with Crippen LogP contribution in [0.5, 0.6) is 5.75 Å². The van der Waals surface area contributed by atoms with Crippen LogP contribution in [0.3, 0.4) is 0 Å². The van der Waals surface area contributed by atoms with Crippen LogP contribution in [-0.2, 0) is 14.9 Å². The van der Waals surface area contributed by atoms with Gasteiger partial charge in [-0.15, -0.1) is 0 Å².